The average molecular weight is 548 g/mol. The Bertz CT molecular complexity index is 860. The molecule has 3 unspecified atom stereocenters. The van der Waals surface area contributed by atoms with Crippen LogP contribution in [0, 0.1) is 5.92 Å². The standard InChI is InChI=1S/C21H28BrClN4O4S/c1-12(28)24-11-18(29)27-8-4-7-16(27)20(30)26-15-6-3-2-5-13(15)10-25-21(31)17-9-14(23)19(22)32-17/h9,13,15-16H,2-8,10-11H2,1H3,(H,24,28)(H,25,31)(H,26,30). The van der Waals surface area contributed by atoms with Gasteiger partial charge >= 0.3 is 0 Å². The van der Waals surface area contributed by atoms with E-state index in [1.54, 1.807) is 11.0 Å². The van der Waals surface area contributed by atoms with Crippen molar-refractivity contribution in [1.29, 1.82) is 0 Å². The van der Waals surface area contributed by atoms with Gasteiger partial charge in [0, 0.05) is 26.1 Å². The topological polar surface area (TPSA) is 108 Å². The maximum atomic E-state index is 13.0. The number of hydrogen-bond acceptors (Lipinski definition) is 5. The third-order valence-electron chi connectivity index (χ3n) is 5.99. The highest BCUT2D eigenvalue weighted by Crippen LogP contribution is 2.32. The fourth-order valence-electron chi connectivity index (χ4n) is 4.33. The monoisotopic (exact) mass is 546 g/mol. The van der Waals surface area contributed by atoms with E-state index < -0.39 is 6.04 Å². The van der Waals surface area contributed by atoms with Crippen LogP contribution in [-0.2, 0) is 14.4 Å². The molecule has 1 aliphatic carbocycles. The van der Waals surface area contributed by atoms with Crippen LogP contribution in [0.2, 0.25) is 5.02 Å². The number of carbonyl (C=O) groups excluding carboxylic acids is 4. The molecule has 1 saturated carbocycles. The Labute approximate surface area is 204 Å². The second-order valence-corrected chi connectivity index (χ2v) is 11.0. The quantitative estimate of drug-likeness (QED) is 0.488. The maximum Gasteiger partial charge on any atom is 0.261 e. The summed E-state index contributed by atoms with van der Waals surface area (Å²) in [6.07, 6.45) is 5.19. The van der Waals surface area contributed by atoms with Crippen LogP contribution in [-0.4, -0.2) is 60.2 Å². The minimum absolute atomic E-state index is 0.0527. The molecule has 2 heterocycles. The number of halogens is 2. The lowest BCUT2D eigenvalue weighted by molar-refractivity contribution is -0.139. The van der Waals surface area contributed by atoms with Crippen molar-refractivity contribution < 1.29 is 19.2 Å². The smallest absolute Gasteiger partial charge is 0.261 e. The number of thiophene rings is 1. The zero-order valence-electron chi connectivity index (χ0n) is 17.9. The number of likely N-dealkylation sites (tertiary alicyclic amines) is 1. The van der Waals surface area contributed by atoms with Crippen molar-refractivity contribution in [3.63, 3.8) is 0 Å². The molecule has 1 aromatic rings. The largest absolute Gasteiger partial charge is 0.351 e. The van der Waals surface area contributed by atoms with Gasteiger partial charge in [-0.25, -0.2) is 0 Å². The first-order valence-corrected chi connectivity index (χ1v) is 12.8. The molecule has 1 aromatic heterocycles. The Morgan fingerprint density at radius 3 is 2.59 bits per heavy atom. The summed E-state index contributed by atoms with van der Waals surface area (Å²) >= 11 is 10.6. The molecular formula is C21H28BrClN4O4S. The van der Waals surface area contributed by atoms with Gasteiger partial charge in [0.2, 0.25) is 17.7 Å². The molecule has 0 bridgehead atoms. The van der Waals surface area contributed by atoms with Gasteiger partial charge in [0.1, 0.15) is 6.04 Å². The number of rotatable bonds is 7. The minimum atomic E-state index is -0.515. The lowest BCUT2D eigenvalue weighted by Gasteiger charge is -2.34. The molecule has 4 amide bonds. The van der Waals surface area contributed by atoms with Gasteiger partial charge in [-0.15, -0.1) is 11.3 Å². The van der Waals surface area contributed by atoms with Gasteiger partial charge in [0.15, 0.2) is 0 Å². The van der Waals surface area contributed by atoms with E-state index in [2.05, 4.69) is 31.9 Å². The summed E-state index contributed by atoms with van der Waals surface area (Å²) in [6, 6.07) is 1.07. The zero-order chi connectivity index (χ0) is 23.3. The van der Waals surface area contributed by atoms with Crippen LogP contribution in [0.3, 0.4) is 0 Å². The van der Waals surface area contributed by atoms with Crippen molar-refractivity contribution in [2.75, 3.05) is 19.6 Å². The second-order valence-electron chi connectivity index (χ2n) is 8.26. The normalized spacial score (nSPS) is 23.0. The van der Waals surface area contributed by atoms with Crippen LogP contribution in [0.5, 0.6) is 0 Å². The predicted molar refractivity (Wildman–Crippen MR) is 127 cm³/mol. The highest BCUT2D eigenvalue weighted by atomic mass is 79.9. The molecule has 0 aromatic carbocycles. The molecule has 3 rings (SSSR count). The first-order chi connectivity index (χ1) is 15.3. The van der Waals surface area contributed by atoms with Crippen LogP contribution in [0.1, 0.15) is 55.1 Å². The van der Waals surface area contributed by atoms with E-state index in [1.807, 2.05) is 0 Å². The van der Waals surface area contributed by atoms with E-state index in [9.17, 15) is 19.2 Å². The van der Waals surface area contributed by atoms with Crippen molar-refractivity contribution in [1.82, 2.24) is 20.9 Å². The highest BCUT2D eigenvalue weighted by Gasteiger charge is 2.36. The van der Waals surface area contributed by atoms with Crippen molar-refractivity contribution in [3.8, 4) is 0 Å². The van der Waals surface area contributed by atoms with Gasteiger partial charge in [-0.2, -0.15) is 0 Å². The molecule has 3 atom stereocenters. The van der Waals surface area contributed by atoms with Gasteiger partial charge in [0.05, 0.1) is 20.2 Å². The molecule has 2 fully saturated rings. The Kier molecular flexibility index (Phi) is 8.95. The molecule has 176 valence electrons. The van der Waals surface area contributed by atoms with Crippen molar-refractivity contribution >= 4 is 62.5 Å². The molecule has 8 nitrogen and oxygen atoms in total. The fourth-order valence-corrected chi connectivity index (χ4v) is 5.95. The van der Waals surface area contributed by atoms with Crippen molar-refractivity contribution in [3.05, 3.63) is 19.8 Å². The Balaban J connectivity index is 1.55. The molecule has 32 heavy (non-hydrogen) atoms. The van der Waals surface area contributed by atoms with E-state index in [4.69, 9.17) is 11.6 Å². The van der Waals surface area contributed by atoms with E-state index >= 15 is 0 Å². The first kappa shape index (κ1) is 25.0. The van der Waals surface area contributed by atoms with Crippen LogP contribution in [0.25, 0.3) is 0 Å². The molecule has 1 aliphatic heterocycles. The fraction of sp³-hybridized carbons (Fsp3) is 0.619. The molecule has 11 heteroatoms. The Morgan fingerprint density at radius 2 is 1.91 bits per heavy atom. The van der Waals surface area contributed by atoms with Crippen LogP contribution >= 0.6 is 38.9 Å². The number of nitrogens with one attached hydrogen (secondary N) is 3. The molecule has 3 N–H and O–H groups in total. The molecule has 0 spiro atoms. The number of amides is 4. The van der Waals surface area contributed by atoms with E-state index in [0.717, 1.165) is 35.9 Å². The number of carbonyl (C=O) groups is 4. The predicted octanol–water partition coefficient (Wildman–Crippen LogP) is 2.70. The van der Waals surface area contributed by atoms with Gasteiger partial charge in [-0.05, 0) is 53.6 Å². The highest BCUT2D eigenvalue weighted by molar-refractivity contribution is 9.11. The summed E-state index contributed by atoms with van der Waals surface area (Å²) in [6.45, 7) is 2.24. The summed E-state index contributed by atoms with van der Waals surface area (Å²) in [7, 11) is 0. The maximum absolute atomic E-state index is 13.0. The first-order valence-electron chi connectivity index (χ1n) is 10.8. The average Bonchev–Trinajstić information content (AvgIpc) is 3.38. The molecule has 0 radical (unpaired) electrons. The van der Waals surface area contributed by atoms with Gasteiger partial charge in [0.25, 0.3) is 5.91 Å². The summed E-state index contributed by atoms with van der Waals surface area (Å²) in [5, 5.41) is 9.13. The summed E-state index contributed by atoms with van der Waals surface area (Å²) in [5.41, 5.74) is 0. The summed E-state index contributed by atoms with van der Waals surface area (Å²) < 4.78 is 0.723. The van der Waals surface area contributed by atoms with E-state index in [0.29, 0.717) is 29.4 Å². The van der Waals surface area contributed by atoms with Crippen LogP contribution in [0.4, 0.5) is 0 Å². The second kappa shape index (κ2) is 11.5. The molecular weight excluding hydrogens is 520 g/mol. The Hall–Kier alpha value is -1.65. The minimum Gasteiger partial charge on any atom is -0.351 e. The third-order valence-corrected chi connectivity index (χ3v) is 8.47. The lowest BCUT2D eigenvalue weighted by Crippen LogP contribution is -2.53. The van der Waals surface area contributed by atoms with E-state index in [1.165, 1.54) is 18.3 Å². The van der Waals surface area contributed by atoms with Gasteiger partial charge in [-0.1, -0.05) is 24.4 Å². The number of hydrogen-bond donors (Lipinski definition) is 3. The zero-order valence-corrected chi connectivity index (χ0v) is 21.1. The SMILES string of the molecule is CC(=O)NCC(=O)N1CCCC1C(=O)NC1CCCCC1CNC(=O)c1cc(Cl)c(Br)s1. The van der Waals surface area contributed by atoms with Crippen molar-refractivity contribution in [2.24, 2.45) is 5.92 Å². The lowest BCUT2D eigenvalue weighted by atomic mass is 9.84. The third kappa shape index (κ3) is 6.45. The van der Waals surface area contributed by atoms with Crippen molar-refractivity contribution in [2.45, 2.75) is 57.5 Å². The van der Waals surface area contributed by atoms with Gasteiger partial charge in [-0.3, -0.25) is 19.2 Å². The summed E-state index contributed by atoms with van der Waals surface area (Å²) in [4.78, 5) is 51.1. The molecule has 1 saturated heterocycles. The molecule has 2 aliphatic rings. The number of nitrogens with zero attached hydrogens (tertiary/aromatic N) is 1. The Morgan fingerprint density at radius 1 is 1.16 bits per heavy atom. The van der Waals surface area contributed by atoms with Crippen LogP contribution < -0.4 is 16.0 Å². The van der Waals surface area contributed by atoms with Gasteiger partial charge < -0.3 is 20.9 Å². The van der Waals surface area contributed by atoms with E-state index in [-0.39, 0.29) is 42.1 Å². The van der Waals surface area contributed by atoms with Crippen LogP contribution in [0.15, 0.2) is 9.85 Å². The summed E-state index contributed by atoms with van der Waals surface area (Å²) in [5.74, 6) is -0.728.